The van der Waals surface area contributed by atoms with E-state index < -0.39 is 0 Å². The minimum absolute atomic E-state index is 0.254. The predicted molar refractivity (Wildman–Crippen MR) is 80.7 cm³/mol. The number of phenols is 1. The Morgan fingerprint density at radius 1 is 1.16 bits per heavy atom. The number of hydrogen-bond acceptors (Lipinski definition) is 3. The third-order valence-electron chi connectivity index (χ3n) is 2.67. The van der Waals surface area contributed by atoms with Crippen LogP contribution < -0.4 is 10.1 Å². The Morgan fingerprint density at radius 2 is 1.89 bits per heavy atom. The van der Waals surface area contributed by atoms with Gasteiger partial charge in [0.05, 0.1) is 11.1 Å². The van der Waals surface area contributed by atoms with Gasteiger partial charge in [0.1, 0.15) is 11.5 Å². The summed E-state index contributed by atoms with van der Waals surface area (Å²) in [4.78, 5) is 0. The van der Waals surface area contributed by atoms with Gasteiger partial charge in [-0.3, -0.25) is 0 Å². The summed E-state index contributed by atoms with van der Waals surface area (Å²) in [5, 5.41) is 12.7. The van der Waals surface area contributed by atoms with Crippen LogP contribution in [0.1, 0.15) is 12.5 Å². The average Bonchev–Trinajstić information content (AvgIpc) is 2.42. The molecule has 2 aromatic rings. The van der Waals surface area contributed by atoms with Gasteiger partial charge in [0.25, 0.3) is 0 Å². The first-order valence-electron chi connectivity index (χ1n) is 6.13. The quantitative estimate of drug-likeness (QED) is 0.868. The SMILES string of the molecule is CCOc1ccc(NCc2ccc(O)c(Br)c2)cc1. The van der Waals surface area contributed by atoms with Crippen molar-refractivity contribution in [3.8, 4) is 11.5 Å². The average molecular weight is 322 g/mol. The third kappa shape index (κ3) is 3.89. The molecular weight excluding hydrogens is 306 g/mol. The number of anilines is 1. The number of rotatable bonds is 5. The Labute approximate surface area is 121 Å². The van der Waals surface area contributed by atoms with Crippen LogP contribution in [0.3, 0.4) is 0 Å². The molecule has 0 atom stereocenters. The summed E-state index contributed by atoms with van der Waals surface area (Å²) in [7, 11) is 0. The summed E-state index contributed by atoms with van der Waals surface area (Å²) >= 11 is 3.30. The molecule has 0 bridgehead atoms. The van der Waals surface area contributed by atoms with E-state index in [0.717, 1.165) is 17.0 Å². The fourth-order valence-electron chi connectivity index (χ4n) is 1.70. The molecule has 0 aliphatic carbocycles. The van der Waals surface area contributed by atoms with Gasteiger partial charge >= 0.3 is 0 Å². The number of halogens is 1. The normalized spacial score (nSPS) is 10.2. The van der Waals surface area contributed by atoms with Gasteiger partial charge in [-0.05, 0) is 64.8 Å². The minimum atomic E-state index is 0.254. The van der Waals surface area contributed by atoms with Crippen molar-refractivity contribution in [2.75, 3.05) is 11.9 Å². The number of benzene rings is 2. The smallest absolute Gasteiger partial charge is 0.129 e. The molecule has 100 valence electrons. The highest BCUT2D eigenvalue weighted by Crippen LogP contribution is 2.24. The Morgan fingerprint density at radius 3 is 2.53 bits per heavy atom. The lowest BCUT2D eigenvalue weighted by Gasteiger charge is -2.09. The summed E-state index contributed by atoms with van der Waals surface area (Å²) in [6.07, 6.45) is 0. The van der Waals surface area contributed by atoms with Crippen molar-refractivity contribution in [3.05, 3.63) is 52.5 Å². The van der Waals surface area contributed by atoms with Crippen LogP contribution in [0.15, 0.2) is 46.9 Å². The molecule has 4 heteroatoms. The monoisotopic (exact) mass is 321 g/mol. The largest absolute Gasteiger partial charge is 0.507 e. The number of aromatic hydroxyl groups is 1. The van der Waals surface area contributed by atoms with E-state index >= 15 is 0 Å². The fraction of sp³-hybridized carbons (Fsp3) is 0.200. The molecular formula is C15H16BrNO2. The van der Waals surface area contributed by atoms with Gasteiger partial charge in [-0.15, -0.1) is 0 Å². The van der Waals surface area contributed by atoms with Gasteiger partial charge in [-0.25, -0.2) is 0 Å². The molecule has 0 aromatic heterocycles. The number of hydrogen-bond donors (Lipinski definition) is 2. The van der Waals surface area contributed by atoms with Crippen molar-refractivity contribution in [3.63, 3.8) is 0 Å². The van der Waals surface area contributed by atoms with E-state index in [2.05, 4.69) is 21.2 Å². The van der Waals surface area contributed by atoms with Gasteiger partial charge < -0.3 is 15.2 Å². The van der Waals surface area contributed by atoms with Crippen LogP contribution in [0.2, 0.25) is 0 Å². The molecule has 0 fully saturated rings. The van der Waals surface area contributed by atoms with E-state index in [1.54, 1.807) is 6.07 Å². The molecule has 0 spiro atoms. The van der Waals surface area contributed by atoms with Crippen molar-refractivity contribution in [1.29, 1.82) is 0 Å². The van der Waals surface area contributed by atoms with E-state index in [4.69, 9.17) is 4.74 Å². The molecule has 2 N–H and O–H groups in total. The second-order valence-electron chi connectivity index (χ2n) is 4.10. The zero-order valence-corrected chi connectivity index (χ0v) is 12.3. The van der Waals surface area contributed by atoms with Crippen LogP contribution in [0.5, 0.6) is 11.5 Å². The zero-order valence-electron chi connectivity index (χ0n) is 10.7. The van der Waals surface area contributed by atoms with E-state index in [1.165, 1.54) is 0 Å². The van der Waals surface area contributed by atoms with Gasteiger partial charge in [0.15, 0.2) is 0 Å². The van der Waals surface area contributed by atoms with Crippen LogP contribution in [0.4, 0.5) is 5.69 Å². The van der Waals surface area contributed by atoms with Crippen molar-refractivity contribution in [2.45, 2.75) is 13.5 Å². The highest BCUT2D eigenvalue weighted by atomic mass is 79.9. The van der Waals surface area contributed by atoms with Crippen LogP contribution in [0, 0.1) is 0 Å². The minimum Gasteiger partial charge on any atom is -0.507 e. The highest BCUT2D eigenvalue weighted by molar-refractivity contribution is 9.10. The molecule has 0 unspecified atom stereocenters. The molecule has 3 nitrogen and oxygen atoms in total. The van der Waals surface area contributed by atoms with E-state index in [9.17, 15) is 5.11 Å². The molecule has 0 aliphatic rings. The molecule has 19 heavy (non-hydrogen) atoms. The van der Waals surface area contributed by atoms with Crippen molar-refractivity contribution in [2.24, 2.45) is 0 Å². The summed E-state index contributed by atoms with van der Waals surface area (Å²) < 4.78 is 6.10. The summed E-state index contributed by atoms with van der Waals surface area (Å²) in [6.45, 7) is 3.34. The second kappa shape index (κ2) is 6.48. The van der Waals surface area contributed by atoms with E-state index in [-0.39, 0.29) is 5.75 Å². The lowest BCUT2D eigenvalue weighted by molar-refractivity contribution is 0.340. The highest BCUT2D eigenvalue weighted by Gasteiger charge is 2.00. The topological polar surface area (TPSA) is 41.5 Å². The van der Waals surface area contributed by atoms with Crippen molar-refractivity contribution in [1.82, 2.24) is 0 Å². The second-order valence-corrected chi connectivity index (χ2v) is 4.95. The Bertz CT molecular complexity index is 540. The molecule has 0 saturated heterocycles. The van der Waals surface area contributed by atoms with Crippen molar-refractivity contribution < 1.29 is 9.84 Å². The standard InChI is InChI=1S/C15H16BrNO2/c1-2-19-13-6-4-12(5-7-13)17-10-11-3-8-15(18)14(16)9-11/h3-9,17-18H,2,10H2,1H3. The third-order valence-corrected chi connectivity index (χ3v) is 3.31. The Kier molecular flexibility index (Phi) is 4.68. The molecule has 2 aromatic carbocycles. The number of ether oxygens (including phenoxy) is 1. The van der Waals surface area contributed by atoms with Crippen LogP contribution in [-0.2, 0) is 6.54 Å². The molecule has 0 aliphatic heterocycles. The lowest BCUT2D eigenvalue weighted by Crippen LogP contribution is -1.99. The van der Waals surface area contributed by atoms with Crippen LogP contribution in [-0.4, -0.2) is 11.7 Å². The van der Waals surface area contributed by atoms with E-state index in [0.29, 0.717) is 17.6 Å². The maximum atomic E-state index is 9.43. The zero-order chi connectivity index (χ0) is 13.7. The van der Waals surface area contributed by atoms with Gasteiger partial charge in [0.2, 0.25) is 0 Å². The molecule has 0 amide bonds. The maximum absolute atomic E-state index is 9.43. The van der Waals surface area contributed by atoms with Crippen LogP contribution >= 0.6 is 15.9 Å². The number of nitrogens with one attached hydrogen (secondary N) is 1. The van der Waals surface area contributed by atoms with E-state index in [1.807, 2.05) is 43.3 Å². The fourth-order valence-corrected chi connectivity index (χ4v) is 2.13. The van der Waals surface area contributed by atoms with Gasteiger partial charge in [-0.2, -0.15) is 0 Å². The first-order chi connectivity index (χ1) is 9.19. The molecule has 0 heterocycles. The number of phenolic OH excluding ortho intramolecular Hbond substituents is 1. The summed E-state index contributed by atoms with van der Waals surface area (Å²) in [6, 6.07) is 13.3. The Hall–Kier alpha value is -1.68. The predicted octanol–water partition coefficient (Wildman–Crippen LogP) is 4.17. The maximum Gasteiger partial charge on any atom is 0.129 e. The summed E-state index contributed by atoms with van der Waals surface area (Å²) in [5.41, 5.74) is 2.13. The van der Waals surface area contributed by atoms with Gasteiger partial charge in [-0.1, -0.05) is 6.07 Å². The lowest BCUT2D eigenvalue weighted by atomic mass is 10.2. The molecule has 2 rings (SSSR count). The summed E-state index contributed by atoms with van der Waals surface area (Å²) in [5.74, 6) is 1.13. The molecule has 0 radical (unpaired) electrons. The van der Waals surface area contributed by atoms with Gasteiger partial charge in [0, 0.05) is 12.2 Å². The Balaban J connectivity index is 1.96. The van der Waals surface area contributed by atoms with Crippen LogP contribution in [0.25, 0.3) is 0 Å². The molecule has 0 saturated carbocycles. The van der Waals surface area contributed by atoms with Crippen molar-refractivity contribution >= 4 is 21.6 Å². The first-order valence-corrected chi connectivity index (χ1v) is 6.92. The first kappa shape index (κ1) is 13.7.